The van der Waals surface area contributed by atoms with Gasteiger partial charge in [0.15, 0.2) is 0 Å². The molecule has 1 saturated carbocycles. The Morgan fingerprint density at radius 3 is 2.89 bits per heavy atom. The minimum absolute atomic E-state index is 0.0529. The second kappa shape index (κ2) is 5.69. The lowest BCUT2D eigenvalue weighted by molar-refractivity contribution is -0.153. The highest BCUT2D eigenvalue weighted by atomic mass is 16.5. The summed E-state index contributed by atoms with van der Waals surface area (Å²) in [7, 11) is 0. The third-order valence-electron chi connectivity index (χ3n) is 3.59. The van der Waals surface area contributed by atoms with E-state index in [1.807, 2.05) is 6.07 Å². The van der Waals surface area contributed by atoms with Gasteiger partial charge in [-0.15, -0.1) is 0 Å². The monoisotopic (exact) mass is 246 g/mol. The van der Waals surface area contributed by atoms with Crippen molar-refractivity contribution in [3.05, 3.63) is 22.7 Å². The molecule has 0 heterocycles. The van der Waals surface area contributed by atoms with Crippen molar-refractivity contribution in [1.29, 1.82) is 5.26 Å². The van der Waals surface area contributed by atoms with Gasteiger partial charge in [-0.05, 0) is 44.6 Å². The lowest BCUT2D eigenvalue weighted by Gasteiger charge is -2.37. The van der Waals surface area contributed by atoms with Gasteiger partial charge in [-0.3, -0.25) is 4.79 Å². The van der Waals surface area contributed by atoms with Gasteiger partial charge >= 0.3 is 5.97 Å². The molecule has 0 aliphatic heterocycles. The van der Waals surface area contributed by atoms with E-state index in [-0.39, 0.29) is 11.7 Å². The van der Waals surface area contributed by atoms with E-state index in [1.165, 1.54) is 0 Å². The van der Waals surface area contributed by atoms with Crippen LogP contribution in [0.15, 0.2) is 11.3 Å². The predicted molar refractivity (Wildman–Crippen MR) is 67.0 cm³/mol. The lowest BCUT2D eigenvalue weighted by atomic mass is 9.68. The normalized spacial score (nSPS) is 29.9. The Balaban J connectivity index is 3.24. The van der Waals surface area contributed by atoms with Gasteiger partial charge in [0.2, 0.25) is 0 Å². The fraction of sp³-hybridized carbons (Fsp3) is 0.643. The van der Waals surface area contributed by atoms with E-state index in [9.17, 15) is 4.79 Å². The van der Waals surface area contributed by atoms with Crippen LogP contribution in [-0.4, -0.2) is 12.6 Å². The molecule has 0 amide bonds. The molecule has 2 atom stereocenters. The first-order valence-corrected chi connectivity index (χ1v) is 6.18. The van der Waals surface area contributed by atoms with Crippen molar-refractivity contribution in [3.63, 3.8) is 0 Å². The molecule has 0 aromatic heterocycles. The standard InChI is InChI=1S/C14H18N2O2/c1-5-18-13(17)14(3)7-6-10(2)8-11(14)12(9-15)16-4/h10H,5-8H2,1-3H3/b12-11+. The Kier molecular flexibility index (Phi) is 4.50. The van der Waals surface area contributed by atoms with Gasteiger partial charge in [-0.2, -0.15) is 0 Å². The van der Waals surface area contributed by atoms with Crippen LogP contribution in [0.2, 0.25) is 0 Å². The van der Waals surface area contributed by atoms with Crippen molar-refractivity contribution < 1.29 is 9.53 Å². The van der Waals surface area contributed by atoms with Crippen LogP contribution in [-0.2, 0) is 9.53 Å². The summed E-state index contributed by atoms with van der Waals surface area (Å²) in [6, 6.07) is 1.91. The molecular formula is C14H18N2O2. The number of hydrogen-bond acceptors (Lipinski definition) is 3. The van der Waals surface area contributed by atoms with E-state index in [1.54, 1.807) is 13.8 Å². The molecule has 1 rings (SSSR count). The van der Waals surface area contributed by atoms with Gasteiger partial charge in [0.25, 0.3) is 5.70 Å². The van der Waals surface area contributed by atoms with Gasteiger partial charge in [-0.1, -0.05) is 6.92 Å². The molecule has 4 heteroatoms. The number of hydrogen-bond donors (Lipinski definition) is 0. The fourth-order valence-electron chi connectivity index (χ4n) is 2.40. The van der Waals surface area contributed by atoms with Crippen molar-refractivity contribution >= 4 is 5.97 Å². The van der Waals surface area contributed by atoms with Gasteiger partial charge < -0.3 is 4.74 Å². The first kappa shape index (κ1) is 14.3. The first-order valence-electron chi connectivity index (χ1n) is 6.18. The van der Waals surface area contributed by atoms with Crippen LogP contribution >= 0.6 is 0 Å². The van der Waals surface area contributed by atoms with E-state index in [0.29, 0.717) is 30.9 Å². The number of rotatable bonds is 2. The molecule has 0 radical (unpaired) electrons. The summed E-state index contributed by atoms with van der Waals surface area (Å²) in [6.45, 7) is 13.0. The van der Waals surface area contributed by atoms with E-state index in [2.05, 4.69) is 11.8 Å². The zero-order valence-corrected chi connectivity index (χ0v) is 11.1. The summed E-state index contributed by atoms with van der Waals surface area (Å²) < 4.78 is 5.10. The molecule has 4 nitrogen and oxygen atoms in total. The van der Waals surface area contributed by atoms with Gasteiger partial charge in [-0.25, -0.2) is 10.1 Å². The molecule has 0 N–H and O–H groups in total. The quantitative estimate of drug-likeness (QED) is 0.427. The second-order valence-corrected chi connectivity index (χ2v) is 4.95. The highest BCUT2D eigenvalue weighted by molar-refractivity contribution is 5.81. The molecule has 96 valence electrons. The van der Waals surface area contributed by atoms with Crippen LogP contribution in [0.4, 0.5) is 0 Å². The van der Waals surface area contributed by atoms with E-state index >= 15 is 0 Å². The molecule has 0 spiro atoms. The minimum Gasteiger partial charge on any atom is -0.465 e. The van der Waals surface area contributed by atoms with Crippen LogP contribution in [0.25, 0.3) is 4.85 Å². The Morgan fingerprint density at radius 1 is 1.72 bits per heavy atom. The molecule has 0 aromatic rings. The zero-order chi connectivity index (χ0) is 13.8. The number of esters is 1. The Labute approximate surface area is 108 Å². The highest BCUT2D eigenvalue weighted by Gasteiger charge is 2.43. The SMILES string of the molecule is [C-]#[N+]/C(C#N)=C1\CC(C)CCC1(C)C(=O)OCC. The molecule has 1 fully saturated rings. The van der Waals surface area contributed by atoms with Gasteiger partial charge in [0.1, 0.15) is 0 Å². The maximum Gasteiger partial charge on any atom is 0.314 e. The molecule has 18 heavy (non-hydrogen) atoms. The summed E-state index contributed by atoms with van der Waals surface area (Å²) in [6.07, 6.45) is 2.18. The van der Waals surface area contributed by atoms with Crippen molar-refractivity contribution in [2.45, 2.75) is 40.0 Å². The number of carbonyl (C=O) groups is 1. The third kappa shape index (κ3) is 2.54. The summed E-state index contributed by atoms with van der Waals surface area (Å²) in [5, 5.41) is 9.03. The van der Waals surface area contributed by atoms with Crippen LogP contribution in [0, 0.1) is 29.2 Å². The second-order valence-electron chi connectivity index (χ2n) is 4.95. The molecule has 1 aliphatic rings. The Morgan fingerprint density at radius 2 is 2.39 bits per heavy atom. The summed E-state index contributed by atoms with van der Waals surface area (Å²) in [5.74, 6) is 0.0795. The van der Waals surface area contributed by atoms with E-state index < -0.39 is 5.41 Å². The molecule has 0 aromatic carbocycles. The fourth-order valence-corrected chi connectivity index (χ4v) is 2.40. The summed E-state index contributed by atoms with van der Waals surface area (Å²) in [5.41, 5.74) is -0.104. The predicted octanol–water partition coefficient (Wildman–Crippen LogP) is 3.07. The number of nitrogens with zero attached hydrogens (tertiary/aromatic N) is 2. The summed E-state index contributed by atoms with van der Waals surface area (Å²) in [4.78, 5) is 15.4. The number of allylic oxidation sites excluding steroid dienone is 1. The van der Waals surface area contributed by atoms with Crippen LogP contribution in [0.1, 0.15) is 40.0 Å². The number of ether oxygens (including phenoxy) is 1. The zero-order valence-electron chi connectivity index (χ0n) is 11.1. The molecule has 0 bridgehead atoms. The van der Waals surface area contributed by atoms with Crippen molar-refractivity contribution in [3.8, 4) is 6.07 Å². The number of nitriles is 1. The lowest BCUT2D eigenvalue weighted by Crippen LogP contribution is -2.36. The Hall–Kier alpha value is -1.81. The van der Waals surface area contributed by atoms with Gasteiger partial charge in [0.05, 0.1) is 24.7 Å². The molecule has 0 saturated heterocycles. The van der Waals surface area contributed by atoms with Crippen LogP contribution < -0.4 is 0 Å². The van der Waals surface area contributed by atoms with E-state index in [0.717, 1.165) is 6.42 Å². The van der Waals surface area contributed by atoms with E-state index in [4.69, 9.17) is 16.6 Å². The first-order chi connectivity index (χ1) is 8.49. The molecule has 1 aliphatic carbocycles. The smallest absolute Gasteiger partial charge is 0.314 e. The van der Waals surface area contributed by atoms with Crippen molar-refractivity contribution in [2.75, 3.05) is 6.61 Å². The molecule has 2 unspecified atom stereocenters. The average Bonchev–Trinajstić information content (AvgIpc) is 2.35. The van der Waals surface area contributed by atoms with Crippen LogP contribution in [0.5, 0.6) is 0 Å². The van der Waals surface area contributed by atoms with Gasteiger partial charge in [0, 0.05) is 0 Å². The highest BCUT2D eigenvalue weighted by Crippen LogP contribution is 2.45. The minimum atomic E-state index is -0.807. The van der Waals surface area contributed by atoms with Crippen LogP contribution in [0.3, 0.4) is 0 Å². The Bertz CT molecular complexity index is 437. The average molecular weight is 246 g/mol. The maximum atomic E-state index is 12.1. The maximum absolute atomic E-state index is 12.1. The topological polar surface area (TPSA) is 54.5 Å². The number of carbonyl (C=O) groups excluding carboxylic acids is 1. The summed E-state index contributed by atoms with van der Waals surface area (Å²) >= 11 is 0. The molecular weight excluding hydrogens is 228 g/mol. The van der Waals surface area contributed by atoms with Crippen molar-refractivity contribution in [1.82, 2.24) is 0 Å². The third-order valence-corrected chi connectivity index (χ3v) is 3.59. The largest absolute Gasteiger partial charge is 0.465 e. The van der Waals surface area contributed by atoms with Crippen molar-refractivity contribution in [2.24, 2.45) is 11.3 Å².